The van der Waals surface area contributed by atoms with Crippen molar-refractivity contribution in [3.05, 3.63) is 49.8 Å². The minimum Gasteiger partial charge on any atom is -0.338 e. The molecule has 3 rings (SSSR count). The highest BCUT2D eigenvalue weighted by Gasteiger charge is 2.27. The van der Waals surface area contributed by atoms with Crippen LogP contribution in [0, 0.1) is 13.8 Å². The van der Waals surface area contributed by atoms with Crippen molar-refractivity contribution in [2.45, 2.75) is 32.6 Å². The maximum atomic E-state index is 12.7. The highest BCUT2D eigenvalue weighted by Crippen LogP contribution is 2.31. The van der Waals surface area contributed by atoms with Crippen LogP contribution in [0.4, 0.5) is 0 Å². The van der Waals surface area contributed by atoms with Crippen molar-refractivity contribution >= 4 is 17.2 Å². The van der Waals surface area contributed by atoms with Gasteiger partial charge in [-0.1, -0.05) is 0 Å². The van der Waals surface area contributed by atoms with E-state index in [-0.39, 0.29) is 11.5 Å². The average molecular weight is 331 g/mol. The van der Waals surface area contributed by atoms with Crippen LogP contribution in [0.25, 0.3) is 0 Å². The van der Waals surface area contributed by atoms with E-state index in [2.05, 4.69) is 11.9 Å². The smallest absolute Gasteiger partial charge is 0.254 e. The first-order chi connectivity index (χ1) is 11.0. The Labute approximate surface area is 139 Å². The first kappa shape index (κ1) is 15.9. The van der Waals surface area contributed by atoms with Crippen molar-refractivity contribution in [2.24, 2.45) is 7.05 Å². The van der Waals surface area contributed by atoms with Gasteiger partial charge in [0.1, 0.15) is 0 Å². The van der Waals surface area contributed by atoms with Gasteiger partial charge in [0.25, 0.3) is 11.5 Å². The fraction of sp³-hybridized carbons (Fsp3) is 0.471. The molecule has 0 saturated carbocycles. The van der Waals surface area contributed by atoms with Gasteiger partial charge in [0.15, 0.2) is 0 Å². The monoisotopic (exact) mass is 331 g/mol. The number of aromatic nitrogens is 2. The number of pyridine rings is 1. The van der Waals surface area contributed by atoms with Crippen molar-refractivity contribution in [3.63, 3.8) is 0 Å². The molecule has 2 aromatic rings. The normalized spacial score (nSPS) is 18.2. The Morgan fingerprint density at radius 2 is 2.17 bits per heavy atom. The summed E-state index contributed by atoms with van der Waals surface area (Å²) in [4.78, 5) is 32.2. The van der Waals surface area contributed by atoms with Crippen LogP contribution in [0.3, 0.4) is 0 Å². The molecule has 0 N–H and O–H groups in total. The molecular weight excluding hydrogens is 310 g/mol. The summed E-state index contributed by atoms with van der Waals surface area (Å²) in [6, 6.07) is 3.13. The summed E-state index contributed by atoms with van der Waals surface area (Å²) < 4.78 is 1.47. The molecule has 3 heterocycles. The van der Waals surface area contributed by atoms with Gasteiger partial charge in [-0.2, -0.15) is 0 Å². The van der Waals surface area contributed by atoms with Crippen molar-refractivity contribution in [2.75, 3.05) is 13.1 Å². The van der Waals surface area contributed by atoms with E-state index in [1.165, 1.54) is 15.5 Å². The molecule has 0 bridgehead atoms. The maximum Gasteiger partial charge on any atom is 0.254 e. The highest BCUT2D eigenvalue weighted by molar-refractivity contribution is 7.11. The first-order valence-corrected chi connectivity index (χ1v) is 8.67. The molecule has 0 spiro atoms. The molecule has 1 amide bonds. The van der Waals surface area contributed by atoms with E-state index in [9.17, 15) is 9.59 Å². The Kier molecular flexibility index (Phi) is 4.35. The lowest BCUT2D eigenvalue weighted by Gasteiger charge is -2.32. The molecule has 6 heteroatoms. The minimum atomic E-state index is -0.157. The number of aryl methyl sites for hydroxylation is 3. The number of likely N-dealkylation sites (tertiary alicyclic amines) is 1. The fourth-order valence-corrected chi connectivity index (χ4v) is 3.95. The number of rotatable bonds is 2. The molecule has 1 fully saturated rings. The molecule has 23 heavy (non-hydrogen) atoms. The van der Waals surface area contributed by atoms with Crippen molar-refractivity contribution in [1.29, 1.82) is 0 Å². The molecule has 1 saturated heterocycles. The molecule has 1 aliphatic rings. The van der Waals surface area contributed by atoms with E-state index in [0.717, 1.165) is 30.1 Å². The van der Waals surface area contributed by atoms with Gasteiger partial charge in [0.05, 0.1) is 10.7 Å². The number of hydrogen-bond donors (Lipinski definition) is 0. The first-order valence-electron chi connectivity index (χ1n) is 7.85. The van der Waals surface area contributed by atoms with Crippen molar-refractivity contribution in [3.8, 4) is 0 Å². The molecule has 2 aromatic heterocycles. The number of hydrogen-bond acceptors (Lipinski definition) is 4. The molecule has 5 nitrogen and oxygen atoms in total. The zero-order chi connectivity index (χ0) is 16.6. The van der Waals surface area contributed by atoms with E-state index in [4.69, 9.17) is 0 Å². The molecule has 1 atom stereocenters. The Morgan fingerprint density at radius 3 is 2.83 bits per heavy atom. The van der Waals surface area contributed by atoms with Crippen LogP contribution in [0.1, 0.15) is 44.7 Å². The molecule has 0 unspecified atom stereocenters. The summed E-state index contributed by atoms with van der Waals surface area (Å²) in [7, 11) is 1.68. The van der Waals surface area contributed by atoms with Gasteiger partial charge in [-0.15, -0.1) is 11.3 Å². The predicted molar refractivity (Wildman–Crippen MR) is 91.1 cm³/mol. The largest absolute Gasteiger partial charge is 0.338 e. The quantitative estimate of drug-likeness (QED) is 0.849. The Morgan fingerprint density at radius 1 is 1.39 bits per heavy atom. The number of carbonyl (C=O) groups is 1. The van der Waals surface area contributed by atoms with E-state index >= 15 is 0 Å². The standard InChI is InChI=1S/C17H21N3O2S/c1-11-12(2)23-16(18-11)14-5-4-7-20(10-14)17(22)13-6-8-19(3)15(21)9-13/h6,8-9,14H,4-5,7,10H2,1-3H3/t14-/m1/s1. The van der Waals surface area contributed by atoms with Crippen LogP contribution in [0.2, 0.25) is 0 Å². The van der Waals surface area contributed by atoms with Gasteiger partial charge in [0.2, 0.25) is 0 Å². The predicted octanol–water partition coefficient (Wildman–Crippen LogP) is 2.48. The van der Waals surface area contributed by atoms with Crippen molar-refractivity contribution < 1.29 is 4.79 Å². The average Bonchev–Trinajstić information content (AvgIpc) is 2.89. The number of thiazole rings is 1. The van der Waals surface area contributed by atoms with E-state index in [1.807, 2.05) is 11.8 Å². The van der Waals surface area contributed by atoms with Crippen LogP contribution in [-0.4, -0.2) is 33.4 Å². The number of piperidine rings is 1. The molecule has 0 radical (unpaired) electrons. The SMILES string of the molecule is Cc1nc([C@@H]2CCCN(C(=O)c3ccn(C)c(=O)c3)C2)sc1C. The Bertz CT molecular complexity index is 774. The number of amides is 1. The summed E-state index contributed by atoms with van der Waals surface area (Å²) in [5.41, 5.74) is 1.40. The molecule has 0 aromatic carbocycles. The van der Waals surface area contributed by atoms with Crippen LogP contribution >= 0.6 is 11.3 Å². The van der Waals surface area contributed by atoms with E-state index < -0.39 is 0 Å². The molecule has 1 aliphatic heterocycles. The Balaban J connectivity index is 1.78. The Hall–Kier alpha value is -1.95. The summed E-state index contributed by atoms with van der Waals surface area (Å²) in [6.45, 7) is 5.54. The third kappa shape index (κ3) is 3.22. The summed E-state index contributed by atoms with van der Waals surface area (Å²) in [5, 5.41) is 1.13. The number of nitrogens with zero attached hydrogens (tertiary/aromatic N) is 3. The number of carbonyl (C=O) groups excluding carboxylic acids is 1. The maximum absolute atomic E-state index is 12.7. The van der Waals surface area contributed by atoms with Crippen molar-refractivity contribution in [1.82, 2.24) is 14.5 Å². The van der Waals surface area contributed by atoms with Gasteiger partial charge in [-0.3, -0.25) is 9.59 Å². The third-order valence-corrected chi connectivity index (χ3v) is 5.69. The second-order valence-corrected chi connectivity index (χ2v) is 7.38. The lowest BCUT2D eigenvalue weighted by Crippen LogP contribution is -2.39. The lowest BCUT2D eigenvalue weighted by atomic mass is 9.98. The minimum absolute atomic E-state index is 0.0580. The summed E-state index contributed by atoms with van der Waals surface area (Å²) in [5.74, 6) is 0.244. The second kappa shape index (κ2) is 6.28. The second-order valence-electron chi connectivity index (χ2n) is 6.15. The van der Waals surface area contributed by atoms with Gasteiger partial charge in [-0.25, -0.2) is 4.98 Å². The lowest BCUT2D eigenvalue weighted by molar-refractivity contribution is 0.0706. The zero-order valence-corrected chi connectivity index (χ0v) is 14.5. The van der Waals surface area contributed by atoms with Crippen LogP contribution < -0.4 is 5.56 Å². The van der Waals surface area contributed by atoms with Gasteiger partial charge in [-0.05, 0) is 32.8 Å². The topological polar surface area (TPSA) is 55.2 Å². The highest BCUT2D eigenvalue weighted by atomic mass is 32.1. The third-order valence-electron chi connectivity index (χ3n) is 4.45. The van der Waals surface area contributed by atoms with Crippen LogP contribution in [0.5, 0.6) is 0 Å². The van der Waals surface area contributed by atoms with E-state index in [1.54, 1.807) is 30.6 Å². The summed E-state index contributed by atoms with van der Waals surface area (Å²) in [6.07, 6.45) is 3.68. The molecular formula is C17H21N3O2S. The van der Waals surface area contributed by atoms with Gasteiger partial charge in [0, 0.05) is 48.8 Å². The summed E-state index contributed by atoms with van der Waals surface area (Å²) >= 11 is 1.73. The van der Waals surface area contributed by atoms with E-state index in [0.29, 0.717) is 18.0 Å². The molecule has 122 valence electrons. The zero-order valence-electron chi connectivity index (χ0n) is 13.7. The van der Waals surface area contributed by atoms with Gasteiger partial charge < -0.3 is 9.47 Å². The van der Waals surface area contributed by atoms with Crippen LogP contribution in [-0.2, 0) is 7.05 Å². The molecule has 0 aliphatic carbocycles. The van der Waals surface area contributed by atoms with Gasteiger partial charge >= 0.3 is 0 Å². The fourth-order valence-electron chi connectivity index (χ4n) is 2.90. The van der Waals surface area contributed by atoms with Crippen LogP contribution in [0.15, 0.2) is 23.1 Å².